The Morgan fingerprint density at radius 3 is 2.43 bits per heavy atom. The van der Waals surface area contributed by atoms with Crippen LogP contribution in [0, 0.1) is 23.4 Å². The molecule has 0 radical (unpaired) electrons. The van der Waals surface area contributed by atoms with Crippen LogP contribution in [0.25, 0.3) is 0 Å². The van der Waals surface area contributed by atoms with Crippen LogP contribution < -0.4 is 16.4 Å². The average molecular weight is 611 g/mol. The second-order valence-corrected chi connectivity index (χ2v) is 11.5. The number of nitrogens with zero attached hydrogens (tertiary/aromatic N) is 1. The molecule has 0 saturated carbocycles. The Kier molecular flexibility index (Phi) is 12.5. The summed E-state index contributed by atoms with van der Waals surface area (Å²) in [7, 11) is 1.53. The molecule has 1 saturated heterocycles. The van der Waals surface area contributed by atoms with Gasteiger partial charge in [0.05, 0.1) is 6.61 Å². The molecule has 1 aliphatic rings. The number of ether oxygens (including phenoxy) is 2. The lowest BCUT2D eigenvalue weighted by Gasteiger charge is -2.24. The van der Waals surface area contributed by atoms with Crippen LogP contribution in [0.4, 0.5) is 18.9 Å². The van der Waals surface area contributed by atoms with Crippen molar-refractivity contribution < 1.29 is 37.0 Å². The first-order valence-corrected chi connectivity index (χ1v) is 14.6. The highest BCUT2D eigenvalue weighted by molar-refractivity contribution is 8.00. The number of rotatable bonds is 14. The SMILES string of the molecule is COCCOC(=O)C(Nc1ccc(CNC(=O)[C@@H]2SCCN2C(=O)CC(N)Cc2cc(F)c(F)cc2F)cc1)C(C)C. The molecule has 3 atom stereocenters. The van der Waals surface area contributed by atoms with Crippen molar-refractivity contribution >= 4 is 35.2 Å². The van der Waals surface area contributed by atoms with Gasteiger partial charge in [0.25, 0.3) is 5.91 Å². The maximum Gasteiger partial charge on any atom is 0.328 e. The Balaban J connectivity index is 1.51. The highest BCUT2D eigenvalue weighted by Gasteiger charge is 2.35. The first-order valence-electron chi connectivity index (χ1n) is 13.6. The van der Waals surface area contributed by atoms with Gasteiger partial charge in [0, 0.05) is 50.2 Å². The molecule has 1 aliphatic heterocycles. The summed E-state index contributed by atoms with van der Waals surface area (Å²) in [5.74, 6) is -3.98. The molecule has 1 heterocycles. The van der Waals surface area contributed by atoms with Crippen molar-refractivity contribution in [3.8, 4) is 0 Å². The average Bonchev–Trinajstić information content (AvgIpc) is 3.44. The van der Waals surface area contributed by atoms with E-state index in [1.807, 2.05) is 26.0 Å². The first kappa shape index (κ1) is 33.2. The Bertz CT molecular complexity index is 1230. The molecule has 2 aromatic carbocycles. The number of esters is 1. The fourth-order valence-corrected chi connectivity index (χ4v) is 5.51. The van der Waals surface area contributed by atoms with Crippen molar-refractivity contribution in [2.75, 3.05) is 37.9 Å². The van der Waals surface area contributed by atoms with Crippen LogP contribution >= 0.6 is 11.8 Å². The highest BCUT2D eigenvalue weighted by Crippen LogP contribution is 2.26. The third kappa shape index (κ3) is 9.36. The molecule has 42 heavy (non-hydrogen) atoms. The van der Waals surface area contributed by atoms with Gasteiger partial charge >= 0.3 is 5.97 Å². The van der Waals surface area contributed by atoms with E-state index in [4.69, 9.17) is 15.2 Å². The lowest BCUT2D eigenvalue weighted by Crippen LogP contribution is -2.46. The van der Waals surface area contributed by atoms with E-state index in [9.17, 15) is 27.6 Å². The molecular weight excluding hydrogens is 573 g/mol. The number of hydrogen-bond donors (Lipinski definition) is 3. The predicted octanol–water partition coefficient (Wildman–Crippen LogP) is 3.21. The lowest BCUT2D eigenvalue weighted by molar-refractivity contribution is -0.146. The van der Waals surface area contributed by atoms with Gasteiger partial charge in [-0.3, -0.25) is 9.59 Å². The molecule has 0 aromatic heterocycles. The predicted molar refractivity (Wildman–Crippen MR) is 154 cm³/mol. The van der Waals surface area contributed by atoms with Gasteiger partial charge in [-0.2, -0.15) is 0 Å². The van der Waals surface area contributed by atoms with Crippen molar-refractivity contribution in [1.82, 2.24) is 10.2 Å². The number of anilines is 1. The molecule has 2 aromatic rings. The quantitative estimate of drug-likeness (QED) is 0.169. The maximum absolute atomic E-state index is 14.0. The number of carbonyl (C=O) groups excluding carboxylic acids is 3. The molecule has 2 amide bonds. The summed E-state index contributed by atoms with van der Waals surface area (Å²) in [6.45, 7) is 4.88. The van der Waals surface area contributed by atoms with Gasteiger partial charge in [-0.25, -0.2) is 18.0 Å². The number of methoxy groups -OCH3 is 1. The van der Waals surface area contributed by atoms with Gasteiger partial charge in [0.2, 0.25) is 5.91 Å². The summed E-state index contributed by atoms with van der Waals surface area (Å²) in [6, 6.07) is 7.04. The monoisotopic (exact) mass is 610 g/mol. The fourth-order valence-electron chi connectivity index (χ4n) is 4.35. The third-order valence-electron chi connectivity index (χ3n) is 6.64. The van der Waals surface area contributed by atoms with E-state index in [1.54, 1.807) is 12.1 Å². The molecule has 13 heteroatoms. The van der Waals surface area contributed by atoms with Crippen molar-refractivity contribution in [3.05, 3.63) is 65.0 Å². The number of benzene rings is 2. The number of hydrogen-bond acceptors (Lipinski definition) is 8. The normalized spacial score (nSPS) is 16.3. The molecule has 230 valence electrons. The fraction of sp³-hybridized carbons (Fsp3) is 0.483. The zero-order chi connectivity index (χ0) is 30.8. The number of halogens is 3. The number of nitrogens with one attached hydrogen (secondary N) is 2. The minimum Gasteiger partial charge on any atom is -0.462 e. The van der Waals surface area contributed by atoms with E-state index < -0.39 is 34.9 Å². The Morgan fingerprint density at radius 1 is 1.07 bits per heavy atom. The third-order valence-corrected chi connectivity index (χ3v) is 7.84. The van der Waals surface area contributed by atoms with Crippen LogP contribution in [0.1, 0.15) is 31.4 Å². The van der Waals surface area contributed by atoms with Gasteiger partial charge in [0.1, 0.15) is 18.5 Å². The second-order valence-electron chi connectivity index (χ2n) is 10.3. The topological polar surface area (TPSA) is 123 Å². The van der Waals surface area contributed by atoms with Gasteiger partial charge < -0.3 is 30.7 Å². The molecule has 0 spiro atoms. The summed E-state index contributed by atoms with van der Waals surface area (Å²) in [4.78, 5) is 39.7. The summed E-state index contributed by atoms with van der Waals surface area (Å²) < 4.78 is 50.8. The van der Waals surface area contributed by atoms with Gasteiger partial charge in [-0.1, -0.05) is 26.0 Å². The zero-order valence-electron chi connectivity index (χ0n) is 23.8. The molecule has 9 nitrogen and oxygen atoms in total. The van der Waals surface area contributed by atoms with Crippen LogP contribution in [0.5, 0.6) is 0 Å². The summed E-state index contributed by atoms with van der Waals surface area (Å²) in [6.07, 6.45) is -0.348. The smallest absolute Gasteiger partial charge is 0.328 e. The molecule has 1 fully saturated rings. The van der Waals surface area contributed by atoms with Crippen LogP contribution in [-0.2, 0) is 36.8 Å². The van der Waals surface area contributed by atoms with E-state index in [2.05, 4.69) is 10.6 Å². The van der Waals surface area contributed by atoms with Gasteiger partial charge in [-0.05, 0) is 41.7 Å². The van der Waals surface area contributed by atoms with Crippen LogP contribution in [-0.4, -0.2) is 72.8 Å². The standard InChI is InChI=1S/C29H37F3N4O5S/c1-17(2)26(29(39)41-10-9-40-3)35-21-6-4-18(5-7-21)16-34-27(38)28-36(8-11-42-28)25(37)14-20(33)12-19-13-23(31)24(32)15-22(19)30/h4-7,13,15,17,20,26,28,35H,8-12,14,16,33H2,1-3H3,(H,34,38)/t20?,26?,28-/m0/s1. The molecular formula is C29H37F3N4O5S. The van der Waals surface area contributed by atoms with Gasteiger partial charge in [0.15, 0.2) is 17.0 Å². The van der Waals surface area contributed by atoms with E-state index in [0.717, 1.165) is 17.3 Å². The van der Waals surface area contributed by atoms with Crippen molar-refractivity contribution in [3.63, 3.8) is 0 Å². The number of nitrogens with two attached hydrogens (primary N) is 1. The lowest BCUT2D eigenvalue weighted by atomic mass is 10.0. The summed E-state index contributed by atoms with van der Waals surface area (Å²) in [5, 5.41) is 5.28. The van der Waals surface area contributed by atoms with Crippen molar-refractivity contribution in [2.24, 2.45) is 11.7 Å². The summed E-state index contributed by atoms with van der Waals surface area (Å²) in [5.41, 5.74) is 7.43. The van der Waals surface area contributed by atoms with E-state index >= 15 is 0 Å². The second kappa shape index (κ2) is 15.8. The van der Waals surface area contributed by atoms with Crippen molar-refractivity contribution in [1.29, 1.82) is 0 Å². The molecule has 0 bridgehead atoms. The largest absolute Gasteiger partial charge is 0.462 e. The van der Waals surface area contributed by atoms with E-state index in [0.29, 0.717) is 25.0 Å². The van der Waals surface area contributed by atoms with Crippen LogP contribution in [0.2, 0.25) is 0 Å². The molecule has 3 rings (SSSR count). The first-order chi connectivity index (χ1) is 20.0. The molecule has 0 aliphatic carbocycles. The molecule has 4 N–H and O–H groups in total. The number of thioether (sulfide) groups is 1. The van der Waals surface area contributed by atoms with Crippen molar-refractivity contribution in [2.45, 2.75) is 50.7 Å². The van der Waals surface area contributed by atoms with Crippen LogP contribution in [0.3, 0.4) is 0 Å². The minimum absolute atomic E-state index is 0.0183. The summed E-state index contributed by atoms with van der Waals surface area (Å²) >= 11 is 1.32. The number of carbonyl (C=O) groups is 3. The maximum atomic E-state index is 14.0. The van der Waals surface area contributed by atoms with Crippen LogP contribution in [0.15, 0.2) is 36.4 Å². The number of amides is 2. The minimum atomic E-state index is -1.30. The zero-order valence-corrected chi connectivity index (χ0v) is 24.6. The van der Waals surface area contributed by atoms with E-state index in [-0.39, 0.29) is 55.3 Å². The Morgan fingerprint density at radius 2 is 1.76 bits per heavy atom. The highest BCUT2D eigenvalue weighted by atomic mass is 32.2. The Labute approximate surface area is 247 Å². The van der Waals surface area contributed by atoms with Gasteiger partial charge in [-0.15, -0.1) is 11.8 Å². The van der Waals surface area contributed by atoms with E-state index in [1.165, 1.54) is 23.8 Å². The molecule has 2 unspecified atom stereocenters. The Hall–Kier alpha value is -3.29.